The number of aryl methyl sites for hydroxylation is 1. The SMILES string of the molecule is CC(C)C(CCO)NC1CCc2cc(N)ccc21. The molecule has 3 heteroatoms. The average Bonchev–Trinajstić information content (AvgIpc) is 2.71. The van der Waals surface area contributed by atoms with E-state index in [9.17, 15) is 0 Å². The van der Waals surface area contributed by atoms with Crippen molar-refractivity contribution >= 4 is 5.69 Å². The maximum absolute atomic E-state index is 9.13. The molecule has 0 saturated heterocycles. The molecule has 1 aliphatic carbocycles. The van der Waals surface area contributed by atoms with Crippen LogP contribution in [0.25, 0.3) is 0 Å². The Hall–Kier alpha value is -1.06. The van der Waals surface area contributed by atoms with Crippen LogP contribution < -0.4 is 11.1 Å². The first kappa shape index (κ1) is 13.4. The van der Waals surface area contributed by atoms with E-state index >= 15 is 0 Å². The van der Waals surface area contributed by atoms with Crippen molar-refractivity contribution in [3.8, 4) is 0 Å². The van der Waals surface area contributed by atoms with E-state index in [1.54, 1.807) is 0 Å². The highest BCUT2D eigenvalue weighted by molar-refractivity contribution is 5.47. The first-order chi connectivity index (χ1) is 8.61. The predicted molar refractivity (Wildman–Crippen MR) is 75.4 cm³/mol. The quantitative estimate of drug-likeness (QED) is 0.700. The molecule has 0 bridgehead atoms. The Kier molecular flexibility index (Phi) is 4.25. The van der Waals surface area contributed by atoms with Gasteiger partial charge >= 0.3 is 0 Å². The number of hydrogen-bond donors (Lipinski definition) is 3. The molecule has 1 aliphatic rings. The van der Waals surface area contributed by atoms with Gasteiger partial charge in [-0.1, -0.05) is 19.9 Å². The monoisotopic (exact) mass is 248 g/mol. The first-order valence-corrected chi connectivity index (χ1v) is 6.87. The Balaban J connectivity index is 2.08. The van der Waals surface area contributed by atoms with Gasteiger partial charge in [0.25, 0.3) is 0 Å². The normalized spacial score (nSPS) is 20.1. The molecule has 1 aromatic rings. The number of hydrogen-bond acceptors (Lipinski definition) is 3. The van der Waals surface area contributed by atoms with Gasteiger partial charge in [0.2, 0.25) is 0 Å². The van der Waals surface area contributed by atoms with Crippen LogP contribution in [0.2, 0.25) is 0 Å². The molecule has 0 saturated carbocycles. The van der Waals surface area contributed by atoms with Crippen molar-refractivity contribution in [1.29, 1.82) is 0 Å². The molecule has 1 aromatic carbocycles. The van der Waals surface area contributed by atoms with E-state index in [-0.39, 0.29) is 6.61 Å². The van der Waals surface area contributed by atoms with Crippen molar-refractivity contribution in [1.82, 2.24) is 5.32 Å². The molecule has 4 N–H and O–H groups in total. The molecule has 18 heavy (non-hydrogen) atoms. The van der Waals surface area contributed by atoms with Crippen molar-refractivity contribution in [2.75, 3.05) is 12.3 Å². The summed E-state index contributed by atoms with van der Waals surface area (Å²) >= 11 is 0. The maximum Gasteiger partial charge on any atom is 0.0445 e. The number of rotatable bonds is 5. The summed E-state index contributed by atoms with van der Waals surface area (Å²) in [4.78, 5) is 0. The van der Waals surface area contributed by atoms with Crippen LogP contribution in [0.3, 0.4) is 0 Å². The van der Waals surface area contributed by atoms with Crippen LogP contribution in [0.1, 0.15) is 43.9 Å². The fourth-order valence-corrected chi connectivity index (χ4v) is 2.82. The van der Waals surface area contributed by atoms with E-state index in [1.165, 1.54) is 11.1 Å². The third-order valence-electron chi connectivity index (χ3n) is 3.90. The topological polar surface area (TPSA) is 58.3 Å². The highest BCUT2D eigenvalue weighted by atomic mass is 16.3. The van der Waals surface area contributed by atoms with Crippen LogP contribution in [-0.4, -0.2) is 17.8 Å². The van der Waals surface area contributed by atoms with E-state index in [0.717, 1.165) is 24.9 Å². The summed E-state index contributed by atoms with van der Waals surface area (Å²) in [7, 11) is 0. The van der Waals surface area contributed by atoms with Crippen LogP contribution >= 0.6 is 0 Å². The van der Waals surface area contributed by atoms with Gasteiger partial charge in [-0.05, 0) is 48.4 Å². The smallest absolute Gasteiger partial charge is 0.0445 e. The minimum atomic E-state index is 0.247. The summed E-state index contributed by atoms with van der Waals surface area (Å²) < 4.78 is 0. The van der Waals surface area contributed by atoms with Gasteiger partial charge in [-0.2, -0.15) is 0 Å². The maximum atomic E-state index is 9.13. The van der Waals surface area contributed by atoms with E-state index < -0.39 is 0 Å². The van der Waals surface area contributed by atoms with Gasteiger partial charge in [0, 0.05) is 24.4 Å². The zero-order valence-corrected chi connectivity index (χ0v) is 11.3. The second-order valence-corrected chi connectivity index (χ2v) is 5.58. The van der Waals surface area contributed by atoms with Crippen LogP contribution in [-0.2, 0) is 6.42 Å². The van der Waals surface area contributed by atoms with Crippen molar-refractivity contribution in [3.63, 3.8) is 0 Å². The van der Waals surface area contributed by atoms with Gasteiger partial charge < -0.3 is 16.2 Å². The van der Waals surface area contributed by atoms with Crippen LogP contribution in [0.4, 0.5) is 5.69 Å². The number of nitrogens with two attached hydrogens (primary N) is 1. The lowest BCUT2D eigenvalue weighted by Gasteiger charge is -2.26. The van der Waals surface area contributed by atoms with Crippen LogP contribution in [0.5, 0.6) is 0 Å². The lowest BCUT2D eigenvalue weighted by Crippen LogP contribution is -2.36. The highest BCUT2D eigenvalue weighted by Crippen LogP contribution is 2.33. The molecule has 100 valence electrons. The van der Waals surface area contributed by atoms with Gasteiger partial charge in [0.1, 0.15) is 0 Å². The molecule has 0 fully saturated rings. The number of fused-ring (bicyclic) bond motifs is 1. The summed E-state index contributed by atoms with van der Waals surface area (Å²) in [6, 6.07) is 7.01. The molecule has 2 atom stereocenters. The Labute approximate surface area is 109 Å². The first-order valence-electron chi connectivity index (χ1n) is 6.87. The molecule has 0 aromatic heterocycles. The van der Waals surface area contributed by atoms with Crippen LogP contribution in [0, 0.1) is 5.92 Å². The number of benzene rings is 1. The molecule has 0 spiro atoms. The van der Waals surface area contributed by atoms with Crippen molar-refractivity contribution in [3.05, 3.63) is 29.3 Å². The molecular weight excluding hydrogens is 224 g/mol. The highest BCUT2D eigenvalue weighted by Gasteiger charge is 2.25. The van der Waals surface area contributed by atoms with Gasteiger partial charge in [-0.15, -0.1) is 0 Å². The summed E-state index contributed by atoms with van der Waals surface area (Å²) in [6.45, 7) is 4.65. The van der Waals surface area contributed by atoms with E-state index in [4.69, 9.17) is 10.8 Å². The Morgan fingerprint density at radius 3 is 2.89 bits per heavy atom. The lowest BCUT2D eigenvalue weighted by atomic mass is 9.98. The summed E-state index contributed by atoms with van der Waals surface area (Å²) in [5.74, 6) is 0.537. The molecule has 0 aliphatic heterocycles. The Morgan fingerprint density at radius 1 is 1.44 bits per heavy atom. The number of nitrogen functional groups attached to an aromatic ring is 1. The Morgan fingerprint density at radius 2 is 2.22 bits per heavy atom. The number of aliphatic hydroxyl groups excluding tert-OH is 1. The number of nitrogens with one attached hydrogen (secondary N) is 1. The fourth-order valence-electron chi connectivity index (χ4n) is 2.82. The molecule has 0 amide bonds. The molecule has 3 nitrogen and oxygen atoms in total. The van der Waals surface area contributed by atoms with Crippen LogP contribution in [0.15, 0.2) is 18.2 Å². The van der Waals surface area contributed by atoms with Crippen molar-refractivity contribution in [2.24, 2.45) is 5.92 Å². The zero-order chi connectivity index (χ0) is 13.1. The fraction of sp³-hybridized carbons (Fsp3) is 0.600. The van der Waals surface area contributed by atoms with E-state index in [2.05, 4.69) is 31.3 Å². The second-order valence-electron chi connectivity index (χ2n) is 5.58. The van der Waals surface area contributed by atoms with E-state index in [0.29, 0.717) is 18.0 Å². The van der Waals surface area contributed by atoms with Crippen molar-refractivity contribution < 1.29 is 5.11 Å². The van der Waals surface area contributed by atoms with Gasteiger partial charge in [0.05, 0.1) is 0 Å². The lowest BCUT2D eigenvalue weighted by molar-refractivity contribution is 0.234. The third-order valence-corrected chi connectivity index (χ3v) is 3.90. The van der Waals surface area contributed by atoms with Crippen molar-refractivity contribution in [2.45, 2.75) is 45.2 Å². The Bertz CT molecular complexity index is 403. The molecular formula is C15H24N2O. The number of anilines is 1. The summed E-state index contributed by atoms with van der Waals surface area (Å²) in [5, 5.41) is 12.8. The third kappa shape index (κ3) is 2.85. The van der Waals surface area contributed by atoms with Gasteiger partial charge in [-0.3, -0.25) is 0 Å². The van der Waals surface area contributed by atoms with Gasteiger partial charge in [-0.25, -0.2) is 0 Å². The largest absolute Gasteiger partial charge is 0.399 e. The summed E-state index contributed by atoms with van der Waals surface area (Å²) in [6.07, 6.45) is 3.05. The predicted octanol–water partition coefficient (Wildman–Crippen LogP) is 2.25. The zero-order valence-electron chi connectivity index (χ0n) is 11.3. The standard InChI is InChI=1S/C15H24N2O/c1-10(2)14(7-8-18)17-15-6-3-11-9-12(16)4-5-13(11)15/h4-5,9-10,14-15,17-18H,3,6-8,16H2,1-2H3. The number of aliphatic hydroxyl groups is 1. The average molecular weight is 248 g/mol. The second kappa shape index (κ2) is 5.72. The minimum absolute atomic E-state index is 0.247. The van der Waals surface area contributed by atoms with E-state index in [1.807, 2.05) is 6.07 Å². The molecule has 0 heterocycles. The van der Waals surface area contributed by atoms with Gasteiger partial charge in [0.15, 0.2) is 0 Å². The summed E-state index contributed by atoms with van der Waals surface area (Å²) in [5.41, 5.74) is 9.43. The molecule has 2 rings (SSSR count). The molecule has 2 unspecified atom stereocenters. The minimum Gasteiger partial charge on any atom is -0.399 e. The molecule has 0 radical (unpaired) electrons.